The summed E-state index contributed by atoms with van der Waals surface area (Å²) in [6, 6.07) is 41.6. The fraction of sp³-hybridized carbons (Fsp3) is 0.314. The summed E-state index contributed by atoms with van der Waals surface area (Å²) in [5.74, 6) is 0. The quantitative estimate of drug-likeness (QED) is 0.237. The maximum absolute atomic E-state index is 2.61. The van der Waals surface area contributed by atoms with E-state index in [0.29, 0.717) is 5.66 Å². The summed E-state index contributed by atoms with van der Waals surface area (Å²) in [6.07, 6.45) is 3.58. The Kier molecular flexibility index (Phi) is 6.69. The van der Waals surface area contributed by atoms with Crippen molar-refractivity contribution in [2.75, 3.05) is 0 Å². The van der Waals surface area contributed by atoms with Gasteiger partial charge in [-0.3, -0.25) is 0 Å². The van der Waals surface area contributed by atoms with E-state index in [2.05, 4.69) is 144 Å². The van der Waals surface area contributed by atoms with Crippen molar-refractivity contribution in [2.24, 2.45) is 0 Å². The van der Waals surface area contributed by atoms with Crippen LogP contribution in [0.25, 0.3) is 0 Å². The van der Waals surface area contributed by atoms with E-state index in [4.69, 9.17) is 0 Å². The van der Waals surface area contributed by atoms with Gasteiger partial charge in [0.15, 0.2) is 0 Å². The second-order valence-corrected chi connectivity index (χ2v) is 15.3. The molecule has 1 atom stereocenters. The lowest BCUT2D eigenvalue weighted by atomic mass is 9.63. The van der Waals surface area contributed by atoms with E-state index >= 15 is 0 Å². The molecule has 184 valence electrons. The molecular weight excluding hydrogens is 451 g/mol. The van der Waals surface area contributed by atoms with Crippen LogP contribution in [0.4, 0.5) is 0 Å². The lowest BCUT2D eigenvalue weighted by molar-refractivity contribution is 0.331. The van der Waals surface area contributed by atoms with Gasteiger partial charge in [0.25, 0.3) is 0 Å². The molecule has 5 rings (SSSR count). The molecule has 0 amide bonds. The van der Waals surface area contributed by atoms with Crippen LogP contribution in [-0.4, -0.2) is 0 Å². The Morgan fingerprint density at radius 2 is 1.00 bits per heavy atom. The SMILES string of the molecule is CCC(c1ccc2c(c1)C(C)(C)CCC2(C)C)[P+](c1ccccc1)(c1ccccc1)c1ccccc1. The number of hydrogen-bond acceptors (Lipinski definition) is 0. The zero-order valence-electron chi connectivity index (χ0n) is 22.5. The summed E-state index contributed by atoms with van der Waals surface area (Å²) >= 11 is 0. The molecule has 0 N–H and O–H groups in total. The first-order valence-corrected chi connectivity index (χ1v) is 15.4. The van der Waals surface area contributed by atoms with E-state index < -0.39 is 7.26 Å². The van der Waals surface area contributed by atoms with E-state index in [9.17, 15) is 0 Å². The summed E-state index contributed by atoms with van der Waals surface area (Å²) in [4.78, 5) is 0. The Morgan fingerprint density at radius 3 is 1.42 bits per heavy atom. The van der Waals surface area contributed by atoms with Crippen molar-refractivity contribution >= 4 is 23.2 Å². The van der Waals surface area contributed by atoms with Crippen molar-refractivity contribution in [3.8, 4) is 0 Å². The highest BCUT2D eigenvalue weighted by Gasteiger charge is 2.52. The van der Waals surface area contributed by atoms with Crippen LogP contribution in [0, 0.1) is 0 Å². The first-order valence-electron chi connectivity index (χ1n) is 13.5. The Labute approximate surface area is 219 Å². The molecular formula is C35H40P+. The molecule has 4 aromatic rings. The Balaban J connectivity index is 1.82. The Hall–Kier alpha value is -2.69. The fourth-order valence-electron chi connectivity index (χ4n) is 6.52. The molecule has 0 spiro atoms. The topological polar surface area (TPSA) is 0 Å². The predicted molar refractivity (Wildman–Crippen MR) is 160 cm³/mol. The maximum Gasteiger partial charge on any atom is 0.119 e. The third-order valence-corrected chi connectivity index (χ3v) is 13.5. The number of rotatable bonds is 6. The molecule has 0 radical (unpaired) electrons. The van der Waals surface area contributed by atoms with E-state index in [-0.39, 0.29) is 10.8 Å². The summed E-state index contributed by atoms with van der Waals surface area (Å²) in [5.41, 5.74) is 5.42. The van der Waals surface area contributed by atoms with Crippen LogP contribution >= 0.6 is 7.26 Å². The van der Waals surface area contributed by atoms with E-state index in [1.54, 1.807) is 11.1 Å². The van der Waals surface area contributed by atoms with Gasteiger partial charge in [-0.25, -0.2) is 0 Å². The van der Waals surface area contributed by atoms with Crippen LogP contribution in [-0.2, 0) is 10.8 Å². The molecule has 1 heteroatoms. The standard InChI is InChI=1S/C35H40P/c1-6-33(27-22-23-31-32(26-27)35(4,5)25-24-34(31,2)3)36(28-16-10-7-11-17-28,29-18-12-8-13-19-29)30-20-14-9-15-21-30/h7-23,26,33H,6,24-25H2,1-5H3/q+1. The van der Waals surface area contributed by atoms with Crippen molar-refractivity contribution in [1.29, 1.82) is 0 Å². The van der Waals surface area contributed by atoms with Crippen LogP contribution in [0.15, 0.2) is 109 Å². The van der Waals surface area contributed by atoms with E-state index in [1.165, 1.54) is 34.3 Å². The van der Waals surface area contributed by atoms with Crippen LogP contribution in [0.1, 0.15) is 76.2 Å². The van der Waals surface area contributed by atoms with Gasteiger partial charge in [-0.2, -0.15) is 0 Å². The number of benzene rings is 4. The minimum Gasteiger partial charge on any atom is -0.0620 e. The zero-order valence-corrected chi connectivity index (χ0v) is 23.4. The minimum absolute atomic E-state index is 0.201. The van der Waals surface area contributed by atoms with Gasteiger partial charge >= 0.3 is 0 Å². The van der Waals surface area contributed by atoms with Gasteiger partial charge in [-0.15, -0.1) is 0 Å². The molecule has 36 heavy (non-hydrogen) atoms. The maximum atomic E-state index is 2.61. The highest BCUT2D eigenvalue weighted by Crippen LogP contribution is 2.68. The van der Waals surface area contributed by atoms with Crippen molar-refractivity contribution in [2.45, 2.75) is 70.4 Å². The first kappa shape index (κ1) is 25.0. The molecule has 0 aliphatic heterocycles. The van der Waals surface area contributed by atoms with Gasteiger partial charge in [0.1, 0.15) is 28.8 Å². The predicted octanol–water partition coefficient (Wildman–Crippen LogP) is 8.48. The molecule has 0 saturated heterocycles. The minimum atomic E-state index is -2.00. The van der Waals surface area contributed by atoms with Crippen LogP contribution in [0.2, 0.25) is 0 Å². The van der Waals surface area contributed by atoms with Crippen LogP contribution < -0.4 is 15.9 Å². The van der Waals surface area contributed by atoms with Crippen LogP contribution in [0.3, 0.4) is 0 Å². The lowest BCUT2D eigenvalue weighted by Gasteiger charge is -2.43. The average molecular weight is 492 g/mol. The Morgan fingerprint density at radius 1 is 0.583 bits per heavy atom. The van der Waals surface area contributed by atoms with Crippen molar-refractivity contribution in [3.05, 3.63) is 126 Å². The molecule has 0 heterocycles. The van der Waals surface area contributed by atoms with Gasteiger partial charge in [0.05, 0.1) is 0 Å². The van der Waals surface area contributed by atoms with E-state index in [1.807, 2.05) is 0 Å². The van der Waals surface area contributed by atoms with Gasteiger partial charge in [-0.05, 0) is 83.2 Å². The molecule has 1 aliphatic rings. The summed E-state index contributed by atoms with van der Waals surface area (Å²) < 4.78 is 0. The summed E-state index contributed by atoms with van der Waals surface area (Å²) in [5, 5.41) is 4.39. The number of hydrogen-bond donors (Lipinski definition) is 0. The molecule has 0 bridgehead atoms. The van der Waals surface area contributed by atoms with Gasteiger partial charge in [0, 0.05) is 0 Å². The fourth-order valence-corrected chi connectivity index (χ4v) is 11.6. The normalized spacial score (nSPS) is 17.2. The molecule has 0 saturated carbocycles. The Bertz CT molecular complexity index is 1210. The molecule has 0 fully saturated rings. The number of fused-ring (bicyclic) bond motifs is 1. The lowest BCUT2D eigenvalue weighted by Crippen LogP contribution is -2.36. The molecule has 1 unspecified atom stereocenters. The van der Waals surface area contributed by atoms with Gasteiger partial charge in [-0.1, -0.05) is 107 Å². The average Bonchev–Trinajstić information content (AvgIpc) is 2.91. The van der Waals surface area contributed by atoms with Crippen molar-refractivity contribution < 1.29 is 0 Å². The summed E-state index contributed by atoms with van der Waals surface area (Å²) in [6.45, 7) is 12.1. The highest BCUT2D eigenvalue weighted by atomic mass is 31.2. The van der Waals surface area contributed by atoms with Crippen molar-refractivity contribution in [1.82, 2.24) is 0 Å². The molecule has 0 aromatic heterocycles. The highest BCUT2D eigenvalue weighted by molar-refractivity contribution is 7.96. The second kappa shape index (κ2) is 9.64. The zero-order chi connectivity index (χ0) is 25.4. The summed E-state index contributed by atoms with van der Waals surface area (Å²) in [7, 11) is -2.00. The first-order chi connectivity index (χ1) is 17.3. The smallest absolute Gasteiger partial charge is 0.0620 e. The van der Waals surface area contributed by atoms with Gasteiger partial charge < -0.3 is 0 Å². The third kappa shape index (κ3) is 4.14. The second-order valence-electron chi connectivity index (χ2n) is 11.7. The monoisotopic (exact) mass is 491 g/mol. The third-order valence-electron chi connectivity index (χ3n) is 8.61. The largest absolute Gasteiger partial charge is 0.119 e. The molecule has 0 nitrogen and oxygen atoms in total. The van der Waals surface area contributed by atoms with Crippen molar-refractivity contribution in [3.63, 3.8) is 0 Å². The molecule has 4 aromatic carbocycles. The van der Waals surface area contributed by atoms with Crippen LogP contribution in [0.5, 0.6) is 0 Å². The molecule has 1 aliphatic carbocycles. The van der Waals surface area contributed by atoms with Gasteiger partial charge in [0.2, 0.25) is 0 Å². The van der Waals surface area contributed by atoms with E-state index in [0.717, 1.165) is 6.42 Å².